The Morgan fingerprint density at radius 3 is 2.73 bits per heavy atom. The largest absolute Gasteiger partial charge is 0.338 e. The third-order valence-electron chi connectivity index (χ3n) is 5.08. The second kappa shape index (κ2) is 8.94. The SMILES string of the molecule is C[C@H](Cc1nc(Cc2cnccn2)cc(N2CCCNC2=O)n1)c1ccc(F)cc1. The number of hydrogen-bond acceptors (Lipinski definition) is 5. The van der Waals surface area contributed by atoms with E-state index >= 15 is 0 Å². The van der Waals surface area contributed by atoms with Crippen molar-refractivity contribution in [1.82, 2.24) is 25.3 Å². The fourth-order valence-electron chi connectivity index (χ4n) is 3.49. The highest BCUT2D eigenvalue weighted by atomic mass is 19.1. The van der Waals surface area contributed by atoms with Gasteiger partial charge in [0.25, 0.3) is 0 Å². The van der Waals surface area contributed by atoms with Crippen LogP contribution in [0.2, 0.25) is 0 Å². The molecule has 1 aromatic carbocycles. The molecule has 0 bridgehead atoms. The summed E-state index contributed by atoms with van der Waals surface area (Å²) in [6, 6.07) is 8.17. The number of aromatic nitrogens is 4. The lowest BCUT2D eigenvalue weighted by Gasteiger charge is -2.27. The lowest BCUT2D eigenvalue weighted by Crippen LogP contribution is -2.47. The Morgan fingerprint density at radius 2 is 2.00 bits per heavy atom. The molecule has 3 heterocycles. The van der Waals surface area contributed by atoms with E-state index in [1.54, 1.807) is 35.6 Å². The average Bonchev–Trinajstić information content (AvgIpc) is 2.75. The number of rotatable bonds is 6. The first kappa shape index (κ1) is 19.9. The van der Waals surface area contributed by atoms with E-state index in [1.807, 2.05) is 6.07 Å². The Kier molecular flexibility index (Phi) is 5.92. The minimum absolute atomic E-state index is 0.0976. The van der Waals surface area contributed by atoms with Crippen molar-refractivity contribution in [2.24, 2.45) is 0 Å². The molecule has 0 saturated carbocycles. The molecule has 3 aromatic rings. The highest BCUT2D eigenvalue weighted by Crippen LogP contribution is 2.22. The summed E-state index contributed by atoms with van der Waals surface area (Å²) < 4.78 is 13.3. The predicted octanol–water partition coefficient (Wildman–Crippen LogP) is 3.26. The number of nitrogens with one attached hydrogen (secondary N) is 1. The second-order valence-corrected chi connectivity index (χ2v) is 7.40. The zero-order valence-corrected chi connectivity index (χ0v) is 16.8. The van der Waals surface area contributed by atoms with Crippen LogP contribution in [0.5, 0.6) is 0 Å². The quantitative estimate of drug-likeness (QED) is 0.679. The summed E-state index contributed by atoms with van der Waals surface area (Å²) in [5, 5.41) is 2.86. The van der Waals surface area contributed by atoms with Gasteiger partial charge in [0.2, 0.25) is 0 Å². The predicted molar refractivity (Wildman–Crippen MR) is 111 cm³/mol. The van der Waals surface area contributed by atoms with Gasteiger partial charge in [0, 0.05) is 50.6 Å². The normalized spacial score (nSPS) is 15.0. The number of nitrogens with zero attached hydrogens (tertiary/aromatic N) is 5. The maximum atomic E-state index is 13.3. The fourth-order valence-corrected chi connectivity index (χ4v) is 3.49. The summed E-state index contributed by atoms with van der Waals surface area (Å²) in [7, 11) is 0. The number of amides is 2. The highest BCUT2D eigenvalue weighted by molar-refractivity contribution is 5.91. The highest BCUT2D eigenvalue weighted by Gasteiger charge is 2.22. The van der Waals surface area contributed by atoms with Crippen LogP contribution >= 0.6 is 0 Å². The van der Waals surface area contributed by atoms with Gasteiger partial charge < -0.3 is 5.32 Å². The molecule has 1 fully saturated rings. The Labute approximate surface area is 174 Å². The lowest BCUT2D eigenvalue weighted by atomic mass is 9.97. The van der Waals surface area contributed by atoms with Crippen LogP contribution in [0.1, 0.15) is 42.0 Å². The van der Waals surface area contributed by atoms with Crippen LogP contribution in [0, 0.1) is 5.82 Å². The van der Waals surface area contributed by atoms with Gasteiger partial charge in [-0.05, 0) is 30.0 Å². The van der Waals surface area contributed by atoms with Crippen LogP contribution in [-0.4, -0.2) is 39.1 Å². The number of anilines is 1. The first-order valence-corrected chi connectivity index (χ1v) is 10.0. The molecule has 1 saturated heterocycles. The molecule has 1 N–H and O–H groups in total. The molecule has 4 rings (SSSR count). The van der Waals surface area contributed by atoms with Gasteiger partial charge in [-0.15, -0.1) is 0 Å². The van der Waals surface area contributed by atoms with Crippen molar-refractivity contribution < 1.29 is 9.18 Å². The number of halogens is 1. The van der Waals surface area contributed by atoms with Crippen molar-refractivity contribution in [3.8, 4) is 0 Å². The Bertz CT molecular complexity index is 1010. The van der Waals surface area contributed by atoms with Crippen LogP contribution in [0.4, 0.5) is 15.0 Å². The van der Waals surface area contributed by atoms with Crippen LogP contribution in [0.25, 0.3) is 0 Å². The van der Waals surface area contributed by atoms with E-state index in [4.69, 9.17) is 4.98 Å². The molecule has 1 atom stereocenters. The van der Waals surface area contributed by atoms with E-state index < -0.39 is 0 Å². The second-order valence-electron chi connectivity index (χ2n) is 7.40. The molecule has 1 aliphatic heterocycles. The number of carbonyl (C=O) groups is 1. The van der Waals surface area contributed by atoms with Crippen LogP contribution in [0.3, 0.4) is 0 Å². The Hall–Kier alpha value is -3.42. The van der Waals surface area contributed by atoms with Gasteiger partial charge >= 0.3 is 6.03 Å². The minimum atomic E-state index is -0.258. The zero-order valence-electron chi connectivity index (χ0n) is 16.8. The van der Waals surface area contributed by atoms with Gasteiger partial charge in [-0.3, -0.25) is 14.9 Å². The van der Waals surface area contributed by atoms with Crippen molar-refractivity contribution in [3.05, 3.63) is 77.5 Å². The molecule has 0 aliphatic carbocycles. The topological polar surface area (TPSA) is 83.9 Å². The molecule has 7 nitrogen and oxygen atoms in total. The number of urea groups is 1. The molecule has 0 radical (unpaired) electrons. The zero-order chi connectivity index (χ0) is 20.9. The Morgan fingerprint density at radius 1 is 1.17 bits per heavy atom. The van der Waals surface area contributed by atoms with Crippen LogP contribution in [0.15, 0.2) is 48.9 Å². The van der Waals surface area contributed by atoms with Gasteiger partial charge in [-0.25, -0.2) is 19.2 Å². The fraction of sp³-hybridized carbons (Fsp3) is 0.318. The molecular weight excluding hydrogens is 383 g/mol. The summed E-state index contributed by atoms with van der Waals surface area (Å²) in [5.74, 6) is 1.07. The van der Waals surface area contributed by atoms with E-state index in [1.165, 1.54) is 12.1 Å². The standard InChI is InChI=1S/C22H23FN6O/c1-15(16-3-5-17(23)6-4-16)11-20-27-18(12-19-14-24-8-9-25-19)13-21(28-20)29-10-2-7-26-22(29)30/h3-6,8-9,13-15H,2,7,10-12H2,1H3,(H,26,30)/t15-/m1/s1. The van der Waals surface area contributed by atoms with Crippen molar-refractivity contribution in [2.45, 2.75) is 32.1 Å². The molecule has 2 aromatic heterocycles. The van der Waals surface area contributed by atoms with Gasteiger partial charge in [0.1, 0.15) is 17.5 Å². The number of benzene rings is 1. The van der Waals surface area contributed by atoms with Crippen LogP contribution in [-0.2, 0) is 12.8 Å². The molecule has 154 valence electrons. The first-order valence-electron chi connectivity index (χ1n) is 10.0. The molecule has 0 unspecified atom stereocenters. The summed E-state index contributed by atoms with van der Waals surface area (Å²) in [6.07, 6.45) is 6.90. The van der Waals surface area contributed by atoms with E-state index in [0.29, 0.717) is 37.6 Å². The molecule has 0 spiro atoms. The number of carbonyl (C=O) groups excluding carboxylic acids is 1. The van der Waals surface area contributed by atoms with Crippen LogP contribution < -0.4 is 10.2 Å². The van der Waals surface area contributed by atoms with Crippen molar-refractivity contribution in [2.75, 3.05) is 18.0 Å². The molecule has 30 heavy (non-hydrogen) atoms. The third-order valence-corrected chi connectivity index (χ3v) is 5.08. The van der Waals surface area contributed by atoms with Gasteiger partial charge in [0.15, 0.2) is 0 Å². The lowest BCUT2D eigenvalue weighted by molar-refractivity contribution is 0.242. The smallest absolute Gasteiger partial charge is 0.323 e. The summed E-state index contributed by atoms with van der Waals surface area (Å²) in [6.45, 7) is 3.33. The van der Waals surface area contributed by atoms with E-state index in [2.05, 4.69) is 27.2 Å². The van der Waals surface area contributed by atoms with E-state index in [9.17, 15) is 9.18 Å². The average molecular weight is 406 g/mol. The molecule has 1 aliphatic rings. The van der Waals surface area contributed by atoms with Gasteiger partial charge in [-0.1, -0.05) is 19.1 Å². The maximum Gasteiger partial charge on any atom is 0.323 e. The van der Waals surface area contributed by atoms with Crippen molar-refractivity contribution in [1.29, 1.82) is 0 Å². The van der Waals surface area contributed by atoms with E-state index in [0.717, 1.165) is 23.4 Å². The monoisotopic (exact) mass is 406 g/mol. The Balaban J connectivity index is 1.63. The van der Waals surface area contributed by atoms with E-state index in [-0.39, 0.29) is 17.8 Å². The van der Waals surface area contributed by atoms with Crippen molar-refractivity contribution in [3.63, 3.8) is 0 Å². The minimum Gasteiger partial charge on any atom is -0.338 e. The molecule has 8 heteroatoms. The van der Waals surface area contributed by atoms with Gasteiger partial charge in [0.05, 0.1) is 11.4 Å². The summed E-state index contributed by atoms with van der Waals surface area (Å²) in [5.41, 5.74) is 2.58. The maximum absolute atomic E-state index is 13.3. The third kappa shape index (κ3) is 4.76. The first-order chi connectivity index (χ1) is 14.6. The summed E-state index contributed by atoms with van der Waals surface area (Å²) in [4.78, 5) is 31.8. The number of hydrogen-bond donors (Lipinski definition) is 1. The molecule has 2 amide bonds. The van der Waals surface area contributed by atoms with Gasteiger partial charge in [-0.2, -0.15) is 0 Å². The molecular formula is C22H23FN6O. The summed E-state index contributed by atoms with van der Waals surface area (Å²) >= 11 is 0. The van der Waals surface area contributed by atoms with Crippen molar-refractivity contribution >= 4 is 11.8 Å².